The predicted molar refractivity (Wildman–Crippen MR) is 67.9 cm³/mol. The highest BCUT2D eigenvalue weighted by Crippen LogP contribution is 2.24. The second kappa shape index (κ2) is 6.49. The first-order chi connectivity index (χ1) is 6.77. The number of rotatable bonds is 5. The first-order valence-electron chi connectivity index (χ1n) is 4.81. The molecule has 0 amide bonds. The van der Waals surface area contributed by atoms with Gasteiger partial charge in [0, 0.05) is 15.9 Å². The van der Waals surface area contributed by atoms with Gasteiger partial charge in [-0.3, -0.25) is 0 Å². The Labute approximate surface area is 98.8 Å². The molecular formula is C11H16BrNS. The maximum absolute atomic E-state index is 3.49. The molecule has 3 heteroatoms. The predicted octanol–water partition coefficient (Wildman–Crippen LogP) is 3.67. The maximum Gasteiger partial charge on any atom is 0.0216 e. The van der Waals surface area contributed by atoms with Gasteiger partial charge in [0.2, 0.25) is 0 Å². The van der Waals surface area contributed by atoms with Gasteiger partial charge in [0.1, 0.15) is 0 Å². The third-order valence-electron chi connectivity index (χ3n) is 1.99. The van der Waals surface area contributed by atoms with E-state index >= 15 is 0 Å². The molecule has 1 aromatic carbocycles. The topological polar surface area (TPSA) is 12.0 Å². The van der Waals surface area contributed by atoms with Gasteiger partial charge in [-0.2, -0.15) is 0 Å². The summed E-state index contributed by atoms with van der Waals surface area (Å²) < 4.78 is 1.15. The largest absolute Gasteiger partial charge is 0.313 e. The van der Waals surface area contributed by atoms with Gasteiger partial charge in [0.05, 0.1) is 0 Å². The second-order valence-corrected chi connectivity index (χ2v) is 4.90. The van der Waals surface area contributed by atoms with Crippen LogP contribution in [0.4, 0.5) is 0 Å². The normalized spacial score (nSPS) is 10.5. The van der Waals surface area contributed by atoms with E-state index in [4.69, 9.17) is 0 Å². The zero-order chi connectivity index (χ0) is 10.4. The number of hydrogen-bond donors (Lipinski definition) is 1. The van der Waals surface area contributed by atoms with Crippen LogP contribution < -0.4 is 5.32 Å². The van der Waals surface area contributed by atoms with E-state index < -0.39 is 0 Å². The highest BCUT2D eigenvalue weighted by Gasteiger charge is 2.01. The summed E-state index contributed by atoms with van der Waals surface area (Å²) in [7, 11) is 0. The first kappa shape index (κ1) is 12.1. The van der Waals surface area contributed by atoms with Crippen molar-refractivity contribution in [1.82, 2.24) is 5.32 Å². The van der Waals surface area contributed by atoms with Crippen LogP contribution in [0, 0.1) is 0 Å². The van der Waals surface area contributed by atoms with E-state index in [2.05, 4.69) is 52.6 Å². The Morgan fingerprint density at radius 3 is 2.86 bits per heavy atom. The van der Waals surface area contributed by atoms with Crippen molar-refractivity contribution < 1.29 is 0 Å². The average molecular weight is 274 g/mol. The van der Waals surface area contributed by atoms with Gasteiger partial charge in [-0.25, -0.2) is 0 Å². The minimum Gasteiger partial charge on any atom is -0.313 e. The van der Waals surface area contributed by atoms with Crippen LogP contribution in [0.5, 0.6) is 0 Å². The van der Waals surface area contributed by atoms with Crippen LogP contribution in [0.2, 0.25) is 0 Å². The molecule has 0 aliphatic heterocycles. The van der Waals surface area contributed by atoms with E-state index in [-0.39, 0.29) is 0 Å². The Bertz CT molecular complexity index is 289. The molecule has 1 rings (SSSR count). The standard InChI is InChI=1S/C11H16BrNS/c1-3-6-13-8-9-4-5-10(12)7-11(9)14-2/h4-5,7,13H,3,6,8H2,1-2H3. The zero-order valence-corrected chi connectivity index (χ0v) is 11.0. The molecule has 0 saturated heterocycles. The zero-order valence-electron chi connectivity index (χ0n) is 8.64. The van der Waals surface area contributed by atoms with E-state index in [0.29, 0.717) is 0 Å². The lowest BCUT2D eigenvalue weighted by Crippen LogP contribution is -2.14. The van der Waals surface area contributed by atoms with Gasteiger partial charge >= 0.3 is 0 Å². The number of thioether (sulfide) groups is 1. The van der Waals surface area contributed by atoms with Gasteiger partial charge < -0.3 is 5.32 Å². The lowest BCUT2D eigenvalue weighted by atomic mass is 10.2. The Morgan fingerprint density at radius 1 is 1.43 bits per heavy atom. The van der Waals surface area contributed by atoms with Crippen molar-refractivity contribution in [3.8, 4) is 0 Å². The van der Waals surface area contributed by atoms with Gasteiger partial charge in [-0.1, -0.05) is 28.9 Å². The van der Waals surface area contributed by atoms with Crippen molar-refractivity contribution in [3.05, 3.63) is 28.2 Å². The van der Waals surface area contributed by atoms with Crippen LogP contribution in [-0.2, 0) is 6.54 Å². The van der Waals surface area contributed by atoms with E-state index in [1.54, 1.807) is 11.8 Å². The molecule has 0 fully saturated rings. The lowest BCUT2D eigenvalue weighted by molar-refractivity contribution is 0.669. The molecule has 0 aliphatic carbocycles. The maximum atomic E-state index is 3.49. The Kier molecular flexibility index (Phi) is 5.60. The smallest absolute Gasteiger partial charge is 0.0216 e. The fourth-order valence-electron chi connectivity index (χ4n) is 1.26. The fourth-order valence-corrected chi connectivity index (χ4v) is 2.42. The van der Waals surface area contributed by atoms with Crippen LogP contribution in [0.3, 0.4) is 0 Å². The highest BCUT2D eigenvalue weighted by molar-refractivity contribution is 9.10. The fraction of sp³-hybridized carbons (Fsp3) is 0.455. The summed E-state index contributed by atoms with van der Waals surface area (Å²) in [5, 5.41) is 3.42. The van der Waals surface area contributed by atoms with E-state index in [1.807, 2.05) is 0 Å². The summed E-state index contributed by atoms with van der Waals surface area (Å²) in [6, 6.07) is 6.45. The number of hydrogen-bond acceptors (Lipinski definition) is 2. The van der Waals surface area contributed by atoms with Crippen molar-refractivity contribution in [2.45, 2.75) is 24.8 Å². The molecule has 0 radical (unpaired) electrons. The molecule has 1 N–H and O–H groups in total. The Hall–Kier alpha value is 0.01000. The molecule has 0 unspecified atom stereocenters. The SMILES string of the molecule is CCCNCc1ccc(Br)cc1SC. The number of halogens is 1. The number of nitrogens with one attached hydrogen (secondary N) is 1. The molecule has 0 spiro atoms. The molecule has 78 valence electrons. The second-order valence-electron chi connectivity index (χ2n) is 3.13. The van der Waals surface area contributed by atoms with Crippen molar-refractivity contribution in [3.63, 3.8) is 0 Å². The van der Waals surface area contributed by atoms with Gasteiger partial charge in [-0.05, 0) is 36.9 Å². The molecule has 1 aromatic rings. The summed E-state index contributed by atoms with van der Waals surface area (Å²) in [6.07, 6.45) is 3.30. The molecular weight excluding hydrogens is 258 g/mol. The van der Waals surface area contributed by atoms with E-state index in [0.717, 1.165) is 17.6 Å². The molecule has 0 heterocycles. The molecule has 0 saturated carbocycles. The molecule has 0 bridgehead atoms. The summed E-state index contributed by atoms with van der Waals surface area (Å²) >= 11 is 5.28. The monoisotopic (exact) mass is 273 g/mol. The van der Waals surface area contributed by atoms with Crippen molar-refractivity contribution in [1.29, 1.82) is 0 Å². The van der Waals surface area contributed by atoms with Crippen LogP contribution in [0.15, 0.2) is 27.6 Å². The average Bonchev–Trinajstić information content (AvgIpc) is 2.20. The molecule has 0 aromatic heterocycles. The van der Waals surface area contributed by atoms with Crippen LogP contribution in [0.25, 0.3) is 0 Å². The third-order valence-corrected chi connectivity index (χ3v) is 3.30. The minimum absolute atomic E-state index is 0.970. The number of benzene rings is 1. The van der Waals surface area contributed by atoms with Crippen LogP contribution in [0.1, 0.15) is 18.9 Å². The van der Waals surface area contributed by atoms with Crippen molar-refractivity contribution >= 4 is 27.7 Å². The van der Waals surface area contributed by atoms with Gasteiger partial charge in [0.15, 0.2) is 0 Å². The minimum atomic E-state index is 0.970. The third kappa shape index (κ3) is 3.64. The van der Waals surface area contributed by atoms with Crippen LogP contribution in [-0.4, -0.2) is 12.8 Å². The van der Waals surface area contributed by atoms with Crippen molar-refractivity contribution in [2.24, 2.45) is 0 Å². The van der Waals surface area contributed by atoms with Gasteiger partial charge in [-0.15, -0.1) is 11.8 Å². The summed E-state index contributed by atoms with van der Waals surface area (Å²) in [5.41, 5.74) is 1.38. The lowest BCUT2D eigenvalue weighted by Gasteiger charge is -2.08. The summed E-state index contributed by atoms with van der Waals surface area (Å²) in [6.45, 7) is 4.24. The summed E-state index contributed by atoms with van der Waals surface area (Å²) in [5.74, 6) is 0. The van der Waals surface area contributed by atoms with E-state index in [9.17, 15) is 0 Å². The molecule has 14 heavy (non-hydrogen) atoms. The molecule has 0 aliphatic rings. The highest BCUT2D eigenvalue weighted by atomic mass is 79.9. The molecule has 1 nitrogen and oxygen atoms in total. The van der Waals surface area contributed by atoms with Gasteiger partial charge in [0.25, 0.3) is 0 Å². The van der Waals surface area contributed by atoms with Crippen molar-refractivity contribution in [2.75, 3.05) is 12.8 Å². The first-order valence-corrected chi connectivity index (χ1v) is 6.82. The Balaban J connectivity index is 2.65. The van der Waals surface area contributed by atoms with Crippen LogP contribution >= 0.6 is 27.7 Å². The quantitative estimate of drug-likeness (QED) is 0.649. The van der Waals surface area contributed by atoms with E-state index in [1.165, 1.54) is 16.9 Å². The Morgan fingerprint density at radius 2 is 2.21 bits per heavy atom. The summed E-state index contributed by atoms with van der Waals surface area (Å²) in [4.78, 5) is 1.35. The molecule has 0 atom stereocenters.